The molecule has 2 heterocycles. The number of nitrogens with zero attached hydrogens (tertiary/aromatic N) is 4. The zero-order valence-electron chi connectivity index (χ0n) is 13.1. The Morgan fingerprint density at radius 1 is 1.24 bits per heavy atom. The molecule has 3 aromatic rings. The second-order valence-corrected chi connectivity index (χ2v) is 4.85. The van der Waals surface area contributed by atoms with E-state index >= 15 is 0 Å². The third-order valence-electron chi connectivity index (χ3n) is 3.23. The van der Waals surface area contributed by atoms with Gasteiger partial charge in [0.25, 0.3) is 5.91 Å². The van der Waals surface area contributed by atoms with Crippen LogP contribution >= 0.6 is 0 Å². The van der Waals surface area contributed by atoms with E-state index in [0.29, 0.717) is 17.3 Å². The smallest absolute Gasteiger partial charge is 0.251 e. The Kier molecular flexibility index (Phi) is 4.46. The highest BCUT2D eigenvalue weighted by Crippen LogP contribution is 2.30. The molecule has 1 aromatic carbocycles. The number of carbonyl (C=O) groups excluding carboxylic acids is 1. The summed E-state index contributed by atoms with van der Waals surface area (Å²) >= 11 is 0. The van der Waals surface area contributed by atoms with Gasteiger partial charge < -0.3 is 15.8 Å². The minimum absolute atomic E-state index is 0.192. The van der Waals surface area contributed by atoms with Gasteiger partial charge in [-0.2, -0.15) is 4.98 Å². The van der Waals surface area contributed by atoms with Crippen LogP contribution in [0.1, 0.15) is 10.4 Å². The largest absolute Gasteiger partial charge is 0.438 e. The van der Waals surface area contributed by atoms with Crippen molar-refractivity contribution in [3.8, 4) is 23.0 Å². The van der Waals surface area contributed by atoms with E-state index in [9.17, 15) is 9.18 Å². The van der Waals surface area contributed by atoms with Crippen molar-refractivity contribution < 1.29 is 13.9 Å². The number of aromatic nitrogens is 4. The quantitative estimate of drug-likeness (QED) is 0.729. The number of hydrogen-bond acceptors (Lipinski definition) is 7. The van der Waals surface area contributed by atoms with E-state index in [1.165, 1.54) is 24.7 Å². The summed E-state index contributed by atoms with van der Waals surface area (Å²) in [6.07, 6.45) is 2.88. The minimum Gasteiger partial charge on any atom is -0.438 e. The Balaban J connectivity index is 1.99. The lowest BCUT2D eigenvalue weighted by molar-refractivity contribution is 0.0996. The number of nitrogens with two attached hydrogens (primary N) is 1. The van der Waals surface area contributed by atoms with Crippen LogP contribution in [0.25, 0.3) is 11.4 Å². The molecule has 0 aliphatic heterocycles. The fourth-order valence-corrected chi connectivity index (χ4v) is 2.06. The number of rotatable bonds is 5. The number of hydrogen-bond donors (Lipinski definition) is 2. The van der Waals surface area contributed by atoms with Gasteiger partial charge >= 0.3 is 0 Å². The molecule has 9 heteroatoms. The second kappa shape index (κ2) is 6.87. The number of pyridine rings is 1. The number of primary amides is 1. The van der Waals surface area contributed by atoms with Crippen LogP contribution < -0.4 is 15.8 Å². The molecule has 0 saturated carbocycles. The van der Waals surface area contributed by atoms with Gasteiger partial charge in [-0.1, -0.05) is 0 Å². The van der Waals surface area contributed by atoms with Crippen molar-refractivity contribution in [1.82, 2.24) is 19.9 Å². The molecule has 2 aromatic heterocycles. The average molecular weight is 340 g/mol. The van der Waals surface area contributed by atoms with Crippen molar-refractivity contribution in [1.29, 1.82) is 0 Å². The lowest BCUT2D eigenvalue weighted by atomic mass is 10.2. The highest BCUT2D eigenvalue weighted by atomic mass is 19.1. The molecule has 0 unspecified atom stereocenters. The first-order chi connectivity index (χ1) is 12.1. The number of carbonyl (C=O) groups is 1. The number of benzene rings is 1. The highest BCUT2D eigenvalue weighted by Gasteiger charge is 2.14. The van der Waals surface area contributed by atoms with Crippen molar-refractivity contribution in [3.63, 3.8) is 0 Å². The molecule has 0 atom stereocenters. The fraction of sp³-hybridized carbons (Fsp3) is 0.0625. The fourth-order valence-electron chi connectivity index (χ4n) is 2.06. The second-order valence-electron chi connectivity index (χ2n) is 4.85. The van der Waals surface area contributed by atoms with E-state index < -0.39 is 11.7 Å². The maximum atomic E-state index is 13.6. The average Bonchev–Trinajstić information content (AvgIpc) is 2.63. The SMILES string of the molecule is CNc1ncnc(-c2cccnc2Oc2ccc(F)c(C(N)=O)c2)n1. The topological polar surface area (TPSA) is 116 Å². The Morgan fingerprint density at radius 2 is 2.08 bits per heavy atom. The minimum atomic E-state index is -0.889. The van der Waals surface area contributed by atoms with Gasteiger partial charge in [-0.3, -0.25) is 4.79 Å². The Morgan fingerprint density at radius 3 is 2.84 bits per heavy atom. The summed E-state index contributed by atoms with van der Waals surface area (Å²) in [6, 6.07) is 7.09. The molecule has 0 spiro atoms. The first-order valence-electron chi connectivity index (χ1n) is 7.18. The van der Waals surface area contributed by atoms with Gasteiger partial charge in [-0.15, -0.1) is 0 Å². The van der Waals surface area contributed by atoms with Gasteiger partial charge in [0, 0.05) is 13.2 Å². The standard InChI is InChI=1S/C16H13FN6O2/c1-19-16-22-8-21-14(23-16)10-3-2-6-20-15(10)25-9-4-5-12(17)11(7-9)13(18)24/h2-8H,1H3,(H2,18,24)(H,19,21,22,23). The zero-order valence-corrected chi connectivity index (χ0v) is 13.1. The van der Waals surface area contributed by atoms with Crippen LogP contribution in [0.5, 0.6) is 11.6 Å². The molecule has 0 fully saturated rings. The Bertz CT molecular complexity index is 934. The predicted octanol–water partition coefficient (Wildman–Crippen LogP) is 2.01. The summed E-state index contributed by atoms with van der Waals surface area (Å²) in [5.74, 6) is -0.481. The maximum absolute atomic E-state index is 13.6. The molecule has 0 aliphatic rings. The Labute approximate surface area is 141 Å². The van der Waals surface area contributed by atoms with Crippen molar-refractivity contribution in [2.24, 2.45) is 5.73 Å². The number of nitrogens with one attached hydrogen (secondary N) is 1. The number of amides is 1. The maximum Gasteiger partial charge on any atom is 0.251 e. The van der Waals surface area contributed by atoms with Crippen molar-refractivity contribution >= 4 is 11.9 Å². The first-order valence-corrected chi connectivity index (χ1v) is 7.18. The molecule has 8 nitrogen and oxygen atoms in total. The molecule has 3 N–H and O–H groups in total. The van der Waals surface area contributed by atoms with Crippen LogP contribution in [0, 0.1) is 5.82 Å². The third kappa shape index (κ3) is 3.50. The lowest BCUT2D eigenvalue weighted by Crippen LogP contribution is -2.13. The van der Waals surface area contributed by atoms with Crippen LogP contribution in [0.4, 0.5) is 10.3 Å². The number of ether oxygens (including phenoxy) is 1. The van der Waals surface area contributed by atoms with E-state index in [1.807, 2.05) is 0 Å². The summed E-state index contributed by atoms with van der Waals surface area (Å²) in [7, 11) is 1.68. The van der Waals surface area contributed by atoms with Crippen LogP contribution in [0.2, 0.25) is 0 Å². The Hall–Kier alpha value is -3.62. The monoisotopic (exact) mass is 340 g/mol. The summed E-state index contributed by atoms with van der Waals surface area (Å²) in [4.78, 5) is 27.7. The zero-order chi connectivity index (χ0) is 17.8. The van der Waals surface area contributed by atoms with Gasteiger partial charge in [0.05, 0.1) is 11.1 Å². The summed E-state index contributed by atoms with van der Waals surface area (Å²) < 4.78 is 19.3. The molecule has 3 rings (SSSR count). The predicted molar refractivity (Wildman–Crippen MR) is 87.6 cm³/mol. The molecule has 1 amide bonds. The molecule has 0 radical (unpaired) electrons. The lowest BCUT2D eigenvalue weighted by Gasteiger charge is -2.10. The van der Waals surface area contributed by atoms with Gasteiger partial charge in [0.15, 0.2) is 5.82 Å². The van der Waals surface area contributed by atoms with Crippen molar-refractivity contribution in [2.45, 2.75) is 0 Å². The highest BCUT2D eigenvalue weighted by molar-refractivity contribution is 5.93. The third-order valence-corrected chi connectivity index (χ3v) is 3.23. The van der Waals surface area contributed by atoms with Crippen molar-refractivity contribution in [3.05, 3.63) is 54.2 Å². The van der Waals surface area contributed by atoms with Gasteiger partial charge in [0.2, 0.25) is 11.8 Å². The summed E-state index contributed by atoms with van der Waals surface area (Å²) in [5, 5.41) is 2.82. The van der Waals surface area contributed by atoms with E-state index in [2.05, 4.69) is 25.3 Å². The number of halogens is 1. The number of anilines is 1. The molecular formula is C16H13FN6O2. The van der Waals surface area contributed by atoms with Gasteiger partial charge in [-0.25, -0.2) is 19.3 Å². The normalized spacial score (nSPS) is 10.3. The van der Waals surface area contributed by atoms with Crippen molar-refractivity contribution in [2.75, 3.05) is 12.4 Å². The van der Waals surface area contributed by atoms with E-state index in [-0.39, 0.29) is 17.2 Å². The summed E-state index contributed by atoms with van der Waals surface area (Å²) in [5.41, 5.74) is 5.38. The molecule has 126 valence electrons. The molecule has 25 heavy (non-hydrogen) atoms. The molecule has 0 aliphatic carbocycles. The first kappa shape index (κ1) is 16.2. The van der Waals surface area contributed by atoms with Crippen LogP contribution in [-0.4, -0.2) is 32.9 Å². The molecular weight excluding hydrogens is 327 g/mol. The summed E-state index contributed by atoms with van der Waals surface area (Å²) in [6.45, 7) is 0. The van der Waals surface area contributed by atoms with Crippen LogP contribution in [0.3, 0.4) is 0 Å². The van der Waals surface area contributed by atoms with E-state index in [1.54, 1.807) is 19.2 Å². The van der Waals surface area contributed by atoms with Gasteiger partial charge in [0.1, 0.15) is 17.9 Å². The van der Waals surface area contributed by atoms with Crippen LogP contribution in [0.15, 0.2) is 42.9 Å². The molecule has 0 saturated heterocycles. The van der Waals surface area contributed by atoms with E-state index in [4.69, 9.17) is 10.5 Å². The van der Waals surface area contributed by atoms with Crippen LogP contribution in [-0.2, 0) is 0 Å². The molecule has 0 bridgehead atoms. The van der Waals surface area contributed by atoms with E-state index in [0.717, 1.165) is 6.07 Å². The van der Waals surface area contributed by atoms with Gasteiger partial charge in [-0.05, 0) is 30.3 Å².